The maximum Gasteiger partial charge on any atom is 0.343 e. The Morgan fingerprint density at radius 2 is 2.09 bits per heavy atom. The molecule has 22 heavy (non-hydrogen) atoms. The average Bonchev–Trinajstić information content (AvgIpc) is 3.14. The van der Waals surface area contributed by atoms with Gasteiger partial charge >= 0.3 is 5.97 Å². The number of pyridine rings is 1. The van der Waals surface area contributed by atoms with Gasteiger partial charge in [0.25, 0.3) is 0 Å². The summed E-state index contributed by atoms with van der Waals surface area (Å²) in [6, 6.07) is 3.48. The Hall–Kier alpha value is -2.50. The third kappa shape index (κ3) is 1.73. The molecular weight excluding hydrogens is 286 g/mol. The van der Waals surface area contributed by atoms with E-state index in [2.05, 4.69) is 0 Å². The third-order valence-corrected chi connectivity index (χ3v) is 4.14. The van der Waals surface area contributed by atoms with Crippen molar-refractivity contribution in [3.8, 4) is 11.5 Å². The van der Waals surface area contributed by atoms with Crippen LogP contribution in [0.2, 0.25) is 0 Å². The van der Waals surface area contributed by atoms with Crippen LogP contribution in [0.3, 0.4) is 0 Å². The lowest BCUT2D eigenvalue weighted by Crippen LogP contribution is -2.23. The first-order valence-corrected chi connectivity index (χ1v) is 7.37. The summed E-state index contributed by atoms with van der Waals surface area (Å²) in [5, 5.41) is 0.470. The third-order valence-electron chi connectivity index (χ3n) is 4.14. The maximum absolute atomic E-state index is 12.8. The Morgan fingerprint density at radius 1 is 1.32 bits per heavy atom. The van der Waals surface area contributed by atoms with Crippen LogP contribution in [0.4, 0.5) is 0 Å². The van der Waals surface area contributed by atoms with E-state index in [0.29, 0.717) is 23.3 Å². The average molecular weight is 301 g/mol. The molecule has 0 aliphatic carbocycles. The number of carbonyl (C=O) groups excluding carboxylic acids is 1. The molecule has 0 amide bonds. The molecule has 0 saturated heterocycles. The number of aromatic nitrogens is 1. The van der Waals surface area contributed by atoms with E-state index in [4.69, 9.17) is 14.2 Å². The maximum atomic E-state index is 12.8. The van der Waals surface area contributed by atoms with Gasteiger partial charge in [-0.05, 0) is 25.8 Å². The van der Waals surface area contributed by atoms with E-state index < -0.39 is 5.97 Å². The standard InChI is InChI=1S/C16H15NO5/c1-2-20-16(19)14-10-4-3-5-17(10)11-7-13-12(21-8-22-13)6-9(11)15(14)18/h6-7H,2-5,8H2,1H3. The molecule has 6 heteroatoms. The fourth-order valence-electron chi connectivity index (χ4n) is 3.22. The molecule has 0 unspecified atom stereocenters. The summed E-state index contributed by atoms with van der Waals surface area (Å²) >= 11 is 0. The summed E-state index contributed by atoms with van der Waals surface area (Å²) in [4.78, 5) is 25.0. The second-order valence-corrected chi connectivity index (χ2v) is 5.35. The molecule has 3 heterocycles. The number of carbonyl (C=O) groups is 1. The van der Waals surface area contributed by atoms with Gasteiger partial charge < -0.3 is 18.8 Å². The van der Waals surface area contributed by atoms with E-state index in [1.54, 1.807) is 13.0 Å². The molecule has 0 bridgehead atoms. The molecule has 0 fully saturated rings. The van der Waals surface area contributed by atoms with Gasteiger partial charge in [0.15, 0.2) is 11.5 Å². The lowest BCUT2D eigenvalue weighted by Gasteiger charge is -2.13. The zero-order valence-electron chi connectivity index (χ0n) is 12.2. The van der Waals surface area contributed by atoms with Crippen molar-refractivity contribution in [2.24, 2.45) is 0 Å². The minimum Gasteiger partial charge on any atom is -0.462 e. The lowest BCUT2D eigenvalue weighted by atomic mass is 10.1. The number of hydrogen-bond donors (Lipinski definition) is 0. The monoisotopic (exact) mass is 301 g/mol. The van der Waals surface area contributed by atoms with Crippen LogP contribution >= 0.6 is 0 Å². The van der Waals surface area contributed by atoms with Gasteiger partial charge in [-0.15, -0.1) is 0 Å². The van der Waals surface area contributed by atoms with Crippen molar-refractivity contribution in [2.75, 3.05) is 13.4 Å². The Labute approximate surface area is 126 Å². The van der Waals surface area contributed by atoms with Crippen molar-refractivity contribution < 1.29 is 19.0 Å². The highest BCUT2D eigenvalue weighted by Gasteiger charge is 2.27. The first-order valence-electron chi connectivity index (χ1n) is 7.37. The molecule has 2 aliphatic rings. The van der Waals surface area contributed by atoms with Gasteiger partial charge in [0.05, 0.1) is 17.5 Å². The first kappa shape index (κ1) is 13.2. The van der Waals surface area contributed by atoms with Gasteiger partial charge in [0.1, 0.15) is 5.56 Å². The van der Waals surface area contributed by atoms with E-state index in [9.17, 15) is 9.59 Å². The second-order valence-electron chi connectivity index (χ2n) is 5.35. The van der Waals surface area contributed by atoms with Crippen molar-refractivity contribution in [1.82, 2.24) is 4.57 Å². The van der Waals surface area contributed by atoms with E-state index in [1.165, 1.54) is 0 Å². The van der Waals surface area contributed by atoms with E-state index in [1.807, 2.05) is 10.6 Å². The number of ether oxygens (including phenoxy) is 3. The van der Waals surface area contributed by atoms with Crippen LogP contribution in [0.15, 0.2) is 16.9 Å². The molecule has 2 aliphatic heterocycles. The summed E-state index contributed by atoms with van der Waals surface area (Å²) < 4.78 is 17.8. The van der Waals surface area contributed by atoms with Gasteiger partial charge in [-0.3, -0.25) is 4.79 Å². The summed E-state index contributed by atoms with van der Waals surface area (Å²) in [5.41, 5.74) is 1.41. The van der Waals surface area contributed by atoms with Crippen molar-refractivity contribution >= 4 is 16.9 Å². The van der Waals surface area contributed by atoms with Crippen LogP contribution in [-0.2, 0) is 17.7 Å². The van der Waals surface area contributed by atoms with Crippen LogP contribution in [0.1, 0.15) is 29.4 Å². The van der Waals surface area contributed by atoms with Gasteiger partial charge in [-0.2, -0.15) is 0 Å². The molecule has 0 spiro atoms. The van der Waals surface area contributed by atoms with Crippen molar-refractivity contribution in [2.45, 2.75) is 26.3 Å². The highest BCUT2D eigenvalue weighted by molar-refractivity contribution is 5.96. The number of aryl methyl sites for hydroxylation is 1. The molecule has 6 nitrogen and oxygen atoms in total. The number of fused-ring (bicyclic) bond motifs is 4. The molecule has 1 aromatic heterocycles. The Balaban J connectivity index is 2.06. The van der Waals surface area contributed by atoms with Crippen LogP contribution in [0, 0.1) is 0 Å². The molecule has 2 aromatic rings. The predicted octanol–water partition coefficient (Wildman–Crippen LogP) is 1.85. The fourth-order valence-corrected chi connectivity index (χ4v) is 3.22. The van der Waals surface area contributed by atoms with Crippen LogP contribution < -0.4 is 14.9 Å². The first-order chi connectivity index (χ1) is 10.7. The van der Waals surface area contributed by atoms with Crippen molar-refractivity contribution in [1.29, 1.82) is 0 Å². The van der Waals surface area contributed by atoms with E-state index in [0.717, 1.165) is 24.2 Å². The number of hydrogen-bond acceptors (Lipinski definition) is 5. The SMILES string of the molecule is CCOC(=O)c1c2n(c3cc4c(cc3c1=O)OCO4)CCC2. The largest absolute Gasteiger partial charge is 0.462 e. The summed E-state index contributed by atoms with van der Waals surface area (Å²) in [6.07, 6.45) is 1.60. The van der Waals surface area contributed by atoms with Gasteiger partial charge in [0, 0.05) is 18.3 Å². The molecular formula is C16H15NO5. The minimum absolute atomic E-state index is 0.150. The quantitative estimate of drug-likeness (QED) is 0.792. The molecule has 114 valence electrons. The van der Waals surface area contributed by atoms with Crippen LogP contribution in [-0.4, -0.2) is 23.9 Å². The number of esters is 1. The Kier molecular flexibility index (Phi) is 2.85. The van der Waals surface area contributed by atoms with Gasteiger partial charge in [-0.25, -0.2) is 4.79 Å². The summed E-state index contributed by atoms with van der Waals surface area (Å²) in [6.45, 7) is 2.90. The van der Waals surface area contributed by atoms with E-state index in [-0.39, 0.29) is 24.4 Å². The van der Waals surface area contributed by atoms with Gasteiger partial charge in [0.2, 0.25) is 12.2 Å². The highest BCUT2D eigenvalue weighted by atomic mass is 16.7. The van der Waals surface area contributed by atoms with Gasteiger partial charge in [-0.1, -0.05) is 0 Å². The zero-order chi connectivity index (χ0) is 15.3. The van der Waals surface area contributed by atoms with Crippen molar-refractivity contribution in [3.05, 3.63) is 33.6 Å². The van der Waals surface area contributed by atoms with Crippen LogP contribution in [0.5, 0.6) is 11.5 Å². The Morgan fingerprint density at radius 3 is 2.86 bits per heavy atom. The smallest absolute Gasteiger partial charge is 0.343 e. The van der Waals surface area contributed by atoms with Crippen molar-refractivity contribution in [3.63, 3.8) is 0 Å². The fraction of sp³-hybridized carbons (Fsp3) is 0.375. The minimum atomic E-state index is -0.544. The lowest BCUT2D eigenvalue weighted by molar-refractivity contribution is 0.0523. The molecule has 4 rings (SSSR count). The predicted molar refractivity (Wildman–Crippen MR) is 78.6 cm³/mol. The molecule has 0 N–H and O–H groups in total. The molecule has 0 atom stereocenters. The molecule has 0 radical (unpaired) electrons. The number of nitrogens with zero attached hydrogens (tertiary/aromatic N) is 1. The Bertz CT molecular complexity index is 852. The summed E-state index contributed by atoms with van der Waals surface area (Å²) in [5.74, 6) is 0.632. The number of benzene rings is 1. The zero-order valence-corrected chi connectivity index (χ0v) is 12.2. The van der Waals surface area contributed by atoms with E-state index >= 15 is 0 Å². The topological polar surface area (TPSA) is 66.8 Å². The highest BCUT2D eigenvalue weighted by Crippen LogP contribution is 2.36. The second kappa shape index (κ2) is 4.76. The number of rotatable bonds is 2. The van der Waals surface area contributed by atoms with Crippen LogP contribution in [0.25, 0.3) is 10.9 Å². The summed E-state index contributed by atoms with van der Waals surface area (Å²) in [7, 11) is 0. The molecule has 1 aromatic carbocycles. The molecule has 0 saturated carbocycles. The normalized spacial score (nSPS) is 15.1.